The Labute approximate surface area is 174 Å². The SMILES string of the molecule is COc1cc(N2C[C@@H](C(=O)Nc3ccc(C)cc3Cl)CC2=O)cc(OC)c1OC. The van der Waals surface area contributed by atoms with Gasteiger partial charge in [-0.1, -0.05) is 17.7 Å². The number of benzene rings is 2. The number of halogens is 1. The molecule has 154 valence electrons. The monoisotopic (exact) mass is 418 g/mol. The summed E-state index contributed by atoms with van der Waals surface area (Å²) in [4.78, 5) is 26.9. The van der Waals surface area contributed by atoms with Gasteiger partial charge in [-0.15, -0.1) is 0 Å². The highest BCUT2D eigenvalue weighted by molar-refractivity contribution is 6.33. The lowest BCUT2D eigenvalue weighted by Gasteiger charge is -2.20. The second-order valence-corrected chi connectivity index (χ2v) is 7.17. The molecule has 0 aliphatic carbocycles. The fourth-order valence-corrected chi connectivity index (χ4v) is 3.59. The fourth-order valence-electron chi connectivity index (χ4n) is 3.31. The molecule has 1 aliphatic heterocycles. The highest BCUT2D eigenvalue weighted by atomic mass is 35.5. The Balaban J connectivity index is 1.80. The Morgan fingerprint density at radius 3 is 2.31 bits per heavy atom. The van der Waals surface area contributed by atoms with E-state index in [0.717, 1.165) is 5.56 Å². The number of methoxy groups -OCH3 is 3. The summed E-state index contributed by atoms with van der Waals surface area (Å²) in [5.41, 5.74) is 2.10. The zero-order valence-electron chi connectivity index (χ0n) is 16.7. The van der Waals surface area contributed by atoms with Crippen molar-refractivity contribution in [1.82, 2.24) is 0 Å². The van der Waals surface area contributed by atoms with Gasteiger partial charge in [-0.3, -0.25) is 9.59 Å². The first-order chi connectivity index (χ1) is 13.9. The number of rotatable bonds is 6. The number of ether oxygens (including phenoxy) is 3. The number of hydrogen-bond acceptors (Lipinski definition) is 5. The van der Waals surface area contributed by atoms with E-state index in [0.29, 0.717) is 33.6 Å². The van der Waals surface area contributed by atoms with E-state index in [1.807, 2.05) is 13.0 Å². The van der Waals surface area contributed by atoms with Crippen LogP contribution in [-0.2, 0) is 9.59 Å². The number of nitrogens with one attached hydrogen (secondary N) is 1. The van der Waals surface area contributed by atoms with Crippen molar-refractivity contribution < 1.29 is 23.8 Å². The molecular weight excluding hydrogens is 396 g/mol. The molecule has 2 amide bonds. The van der Waals surface area contributed by atoms with Gasteiger partial charge in [0.25, 0.3) is 0 Å². The van der Waals surface area contributed by atoms with Gasteiger partial charge in [0.15, 0.2) is 11.5 Å². The molecule has 0 radical (unpaired) electrons. The number of amides is 2. The van der Waals surface area contributed by atoms with Gasteiger partial charge >= 0.3 is 0 Å². The van der Waals surface area contributed by atoms with Crippen LogP contribution in [0, 0.1) is 12.8 Å². The third kappa shape index (κ3) is 4.24. The van der Waals surface area contributed by atoms with Crippen LogP contribution in [0.1, 0.15) is 12.0 Å². The Hall–Kier alpha value is -2.93. The minimum Gasteiger partial charge on any atom is -0.493 e. The second kappa shape index (κ2) is 8.61. The van der Waals surface area contributed by atoms with Crippen LogP contribution in [0.5, 0.6) is 17.2 Å². The second-order valence-electron chi connectivity index (χ2n) is 6.76. The normalized spacial score (nSPS) is 16.0. The third-order valence-corrected chi connectivity index (χ3v) is 5.15. The summed E-state index contributed by atoms with van der Waals surface area (Å²) in [5, 5.41) is 3.28. The quantitative estimate of drug-likeness (QED) is 0.774. The molecule has 0 aromatic heterocycles. The predicted molar refractivity (Wildman–Crippen MR) is 111 cm³/mol. The van der Waals surface area contributed by atoms with E-state index in [2.05, 4.69) is 5.32 Å². The maximum atomic E-state index is 12.7. The van der Waals surface area contributed by atoms with Crippen molar-refractivity contribution in [3.63, 3.8) is 0 Å². The lowest BCUT2D eigenvalue weighted by Crippen LogP contribution is -2.28. The van der Waals surface area contributed by atoms with Gasteiger partial charge in [0, 0.05) is 25.1 Å². The molecule has 1 saturated heterocycles. The molecule has 7 nitrogen and oxygen atoms in total. The largest absolute Gasteiger partial charge is 0.493 e. The minimum absolute atomic E-state index is 0.103. The molecule has 0 bridgehead atoms. The van der Waals surface area contributed by atoms with Gasteiger partial charge in [-0.2, -0.15) is 0 Å². The van der Waals surface area contributed by atoms with Gasteiger partial charge in [0.2, 0.25) is 17.6 Å². The third-order valence-electron chi connectivity index (χ3n) is 4.84. The Bertz CT molecular complexity index is 922. The molecule has 1 heterocycles. The topological polar surface area (TPSA) is 77.1 Å². The molecule has 2 aromatic rings. The van der Waals surface area contributed by atoms with Crippen LogP contribution >= 0.6 is 11.6 Å². The molecule has 3 rings (SSSR count). The smallest absolute Gasteiger partial charge is 0.229 e. The summed E-state index contributed by atoms with van der Waals surface area (Å²) in [7, 11) is 4.53. The van der Waals surface area contributed by atoms with Crippen LogP contribution in [-0.4, -0.2) is 39.7 Å². The van der Waals surface area contributed by atoms with Crippen LogP contribution in [0.25, 0.3) is 0 Å². The van der Waals surface area contributed by atoms with Crippen molar-refractivity contribution in [2.75, 3.05) is 38.1 Å². The predicted octanol–water partition coefficient (Wildman–Crippen LogP) is 3.67. The lowest BCUT2D eigenvalue weighted by atomic mass is 10.1. The first-order valence-corrected chi connectivity index (χ1v) is 9.43. The zero-order chi connectivity index (χ0) is 21.1. The van der Waals surface area contributed by atoms with E-state index in [1.165, 1.54) is 21.3 Å². The average Bonchev–Trinajstić information content (AvgIpc) is 3.10. The maximum absolute atomic E-state index is 12.7. The summed E-state index contributed by atoms with van der Waals surface area (Å²) in [5.74, 6) is 0.407. The van der Waals surface area contributed by atoms with E-state index in [1.54, 1.807) is 29.2 Å². The molecule has 1 fully saturated rings. The van der Waals surface area contributed by atoms with Crippen molar-refractivity contribution in [3.05, 3.63) is 40.9 Å². The fraction of sp³-hybridized carbons (Fsp3) is 0.333. The van der Waals surface area contributed by atoms with Crippen LogP contribution in [0.4, 0.5) is 11.4 Å². The molecule has 2 aromatic carbocycles. The van der Waals surface area contributed by atoms with Crippen molar-refractivity contribution in [2.24, 2.45) is 5.92 Å². The summed E-state index contributed by atoms with van der Waals surface area (Å²) in [6.45, 7) is 2.16. The first kappa shape index (κ1) is 20.8. The highest BCUT2D eigenvalue weighted by Gasteiger charge is 2.36. The number of aryl methyl sites for hydroxylation is 1. The standard InChI is InChI=1S/C21H23ClN2O5/c1-12-5-6-16(15(22)7-12)23-21(26)13-8-19(25)24(11-13)14-9-17(27-2)20(29-4)18(10-14)28-3/h5-7,9-10,13H,8,11H2,1-4H3,(H,23,26)/t13-/m0/s1. The number of anilines is 2. The van der Waals surface area contributed by atoms with E-state index in [4.69, 9.17) is 25.8 Å². The first-order valence-electron chi connectivity index (χ1n) is 9.05. The van der Waals surface area contributed by atoms with E-state index in [-0.39, 0.29) is 24.8 Å². The molecular formula is C21H23ClN2O5. The van der Waals surface area contributed by atoms with Crippen molar-refractivity contribution in [2.45, 2.75) is 13.3 Å². The van der Waals surface area contributed by atoms with E-state index < -0.39 is 5.92 Å². The molecule has 1 N–H and O–H groups in total. The Morgan fingerprint density at radius 1 is 1.10 bits per heavy atom. The average molecular weight is 419 g/mol. The number of carbonyl (C=O) groups is 2. The number of hydrogen-bond donors (Lipinski definition) is 1. The summed E-state index contributed by atoms with van der Waals surface area (Å²) < 4.78 is 16.0. The Kier molecular flexibility index (Phi) is 6.17. The zero-order valence-corrected chi connectivity index (χ0v) is 17.5. The Morgan fingerprint density at radius 2 is 1.76 bits per heavy atom. The van der Waals surface area contributed by atoms with E-state index in [9.17, 15) is 9.59 Å². The number of carbonyl (C=O) groups excluding carboxylic acids is 2. The molecule has 8 heteroatoms. The van der Waals surface area contributed by atoms with Gasteiger partial charge in [0.05, 0.1) is 43.6 Å². The van der Waals surface area contributed by atoms with Crippen LogP contribution in [0.2, 0.25) is 5.02 Å². The molecule has 1 aliphatic rings. The summed E-state index contributed by atoms with van der Waals surface area (Å²) in [6, 6.07) is 8.78. The molecule has 1 atom stereocenters. The minimum atomic E-state index is -0.501. The van der Waals surface area contributed by atoms with Crippen molar-refractivity contribution in [3.8, 4) is 17.2 Å². The van der Waals surface area contributed by atoms with Gasteiger partial charge in [-0.05, 0) is 24.6 Å². The van der Waals surface area contributed by atoms with Crippen molar-refractivity contribution >= 4 is 34.8 Å². The molecule has 0 saturated carbocycles. The molecule has 0 unspecified atom stereocenters. The van der Waals surface area contributed by atoms with Crippen molar-refractivity contribution in [1.29, 1.82) is 0 Å². The molecule has 29 heavy (non-hydrogen) atoms. The maximum Gasteiger partial charge on any atom is 0.229 e. The van der Waals surface area contributed by atoms with E-state index >= 15 is 0 Å². The van der Waals surface area contributed by atoms with Gasteiger partial charge < -0.3 is 24.4 Å². The summed E-state index contributed by atoms with van der Waals surface area (Å²) in [6.07, 6.45) is 0.103. The van der Waals surface area contributed by atoms with Crippen LogP contribution in [0.15, 0.2) is 30.3 Å². The van der Waals surface area contributed by atoms with Gasteiger partial charge in [0.1, 0.15) is 0 Å². The molecule has 0 spiro atoms. The lowest BCUT2D eigenvalue weighted by molar-refractivity contribution is -0.122. The highest BCUT2D eigenvalue weighted by Crippen LogP contribution is 2.42. The van der Waals surface area contributed by atoms with Gasteiger partial charge in [-0.25, -0.2) is 0 Å². The van der Waals surface area contributed by atoms with Crippen LogP contribution < -0.4 is 24.4 Å². The number of nitrogens with zero attached hydrogens (tertiary/aromatic N) is 1. The summed E-state index contributed by atoms with van der Waals surface area (Å²) >= 11 is 6.20. The van der Waals surface area contributed by atoms with Crippen LogP contribution in [0.3, 0.4) is 0 Å².